The third kappa shape index (κ3) is 2.73. The van der Waals surface area contributed by atoms with Crippen LogP contribution in [0.2, 0.25) is 0 Å². The Morgan fingerprint density at radius 2 is 2.00 bits per heavy atom. The number of rotatable bonds is 5. The highest BCUT2D eigenvalue weighted by Crippen LogP contribution is 2.18. The third-order valence-corrected chi connectivity index (χ3v) is 3.65. The minimum atomic E-state index is 0.279. The van der Waals surface area contributed by atoms with Crippen LogP contribution in [-0.4, -0.2) is 16.5 Å². The Bertz CT molecular complexity index is 673. The van der Waals surface area contributed by atoms with Gasteiger partial charge in [0.2, 0.25) is 0 Å². The van der Waals surface area contributed by atoms with Gasteiger partial charge >= 0.3 is 0 Å². The number of pyridine rings is 1. The molecule has 0 saturated heterocycles. The number of hydrogen-bond donors (Lipinski definition) is 2. The van der Waals surface area contributed by atoms with Gasteiger partial charge in [0, 0.05) is 29.3 Å². The van der Waals surface area contributed by atoms with Gasteiger partial charge in [-0.2, -0.15) is 0 Å². The molecule has 0 aliphatic carbocycles. The molecule has 0 amide bonds. The van der Waals surface area contributed by atoms with Crippen LogP contribution < -0.4 is 5.32 Å². The first-order chi connectivity index (χ1) is 9.84. The van der Waals surface area contributed by atoms with Crippen molar-refractivity contribution in [1.82, 2.24) is 15.3 Å². The summed E-state index contributed by atoms with van der Waals surface area (Å²) in [6, 6.07) is 14.7. The number of hydrogen-bond acceptors (Lipinski definition) is 2. The summed E-state index contributed by atoms with van der Waals surface area (Å²) in [5.74, 6) is 0. The second-order valence-electron chi connectivity index (χ2n) is 5.04. The number of para-hydroxylation sites is 1. The van der Waals surface area contributed by atoms with Crippen molar-refractivity contribution in [3.05, 3.63) is 66.1 Å². The molecule has 1 atom stereocenters. The molecule has 2 N–H and O–H groups in total. The first-order valence-electron chi connectivity index (χ1n) is 7.04. The van der Waals surface area contributed by atoms with Crippen LogP contribution in [0.3, 0.4) is 0 Å². The quantitative estimate of drug-likeness (QED) is 0.741. The van der Waals surface area contributed by atoms with E-state index in [1.54, 1.807) is 0 Å². The van der Waals surface area contributed by atoms with E-state index in [2.05, 4.69) is 58.7 Å². The standard InChI is InChI=1S/C17H19N3/c1-13(16-7-4-5-10-19-16)18-11-9-14-12-20-17-8-3-2-6-15(14)17/h2-8,10,12-13,18,20H,9,11H2,1H3/t13-/m0/s1. The number of fused-ring (bicyclic) bond motifs is 1. The van der Waals surface area contributed by atoms with Gasteiger partial charge in [-0.15, -0.1) is 0 Å². The summed E-state index contributed by atoms with van der Waals surface area (Å²) in [5.41, 5.74) is 3.66. The van der Waals surface area contributed by atoms with Crippen LogP contribution in [0, 0.1) is 0 Å². The van der Waals surface area contributed by atoms with Gasteiger partial charge < -0.3 is 10.3 Å². The number of aromatic amines is 1. The third-order valence-electron chi connectivity index (χ3n) is 3.65. The molecule has 2 heterocycles. The maximum Gasteiger partial charge on any atom is 0.0570 e. The fourth-order valence-corrected chi connectivity index (χ4v) is 2.50. The van der Waals surface area contributed by atoms with E-state index in [1.807, 2.05) is 18.3 Å². The summed E-state index contributed by atoms with van der Waals surface area (Å²) in [5, 5.41) is 4.84. The van der Waals surface area contributed by atoms with Gasteiger partial charge in [-0.25, -0.2) is 0 Å². The highest BCUT2D eigenvalue weighted by molar-refractivity contribution is 5.83. The normalized spacial score (nSPS) is 12.7. The van der Waals surface area contributed by atoms with Crippen molar-refractivity contribution in [2.75, 3.05) is 6.54 Å². The van der Waals surface area contributed by atoms with Crippen LogP contribution in [0.5, 0.6) is 0 Å². The van der Waals surface area contributed by atoms with E-state index >= 15 is 0 Å². The van der Waals surface area contributed by atoms with E-state index in [0.717, 1.165) is 18.7 Å². The highest BCUT2D eigenvalue weighted by atomic mass is 14.9. The Balaban J connectivity index is 1.60. The van der Waals surface area contributed by atoms with Gasteiger partial charge in [0.05, 0.1) is 5.69 Å². The van der Waals surface area contributed by atoms with Crippen LogP contribution >= 0.6 is 0 Å². The maximum atomic E-state index is 4.38. The largest absolute Gasteiger partial charge is 0.361 e. The molecular weight excluding hydrogens is 246 g/mol. The Hall–Kier alpha value is -2.13. The van der Waals surface area contributed by atoms with E-state index in [9.17, 15) is 0 Å². The number of aromatic nitrogens is 2. The molecule has 0 radical (unpaired) electrons. The van der Waals surface area contributed by atoms with E-state index in [-0.39, 0.29) is 6.04 Å². The Kier molecular flexibility index (Phi) is 3.79. The lowest BCUT2D eigenvalue weighted by Crippen LogP contribution is -2.22. The zero-order chi connectivity index (χ0) is 13.8. The lowest BCUT2D eigenvalue weighted by Gasteiger charge is -2.12. The van der Waals surface area contributed by atoms with Crippen LogP contribution in [0.25, 0.3) is 10.9 Å². The van der Waals surface area contributed by atoms with E-state index in [0.29, 0.717) is 0 Å². The molecule has 3 nitrogen and oxygen atoms in total. The Morgan fingerprint density at radius 3 is 2.85 bits per heavy atom. The van der Waals surface area contributed by atoms with Crippen molar-refractivity contribution >= 4 is 10.9 Å². The molecule has 0 unspecified atom stereocenters. The molecule has 0 spiro atoms. The smallest absolute Gasteiger partial charge is 0.0570 e. The minimum Gasteiger partial charge on any atom is -0.361 e. The number of benzene rings is 1. The van der Waals surface area contributed by atoms with Crippen LogP contribution in [0.4, 0.5) is 0 Å². The highest BCUT2D eigenvalue weighted by Gasteiger charge is 2.06. The zero-order valence-electron chi connectivity index (χ0n) is 11.6. The molecule has 0 bridgehead atoms. The van der Waals surface area contributed by atoms with Crippen LogP contribution in [0.1, 0.15) is 24.2 Å². The lowest BCUT2D eigenvalue weighted by molar-refractivity contribution is 0.565. The molecule has 0 aliphatic rings. The van der Waals surface area contributed by atoms with Gasteiger partial charge in [-0.05, 0) is 43.7 Å². The first kappa shape index (κ1) is 12.9. The van der Waals surface area contributed by atoms with E-state index in [1.165, 1.54) is 16.5 Å². The molecule has 1 aromatic carbocycles. The SMILES string of the molecule is C[C@H](NCCc1c[nH]c2ccccc12)c1ccccn1. The number of H-pyrrole nitrogens is 1. The molecule has 102 valence electrons. The molecule has 3 heteroatoms. The maximum absolute atomic E-state index is 4.38. The minimum absolute atomic E-state index is 0.279. The summed E-state index contributed by atoms with van der Waals surface area (Å²) in [7, 11) is 0. The molecule has 0 fully saturated rings. The summed E-state index contributed by atoms with van der Waals surface area (Å²) in [6.45, 7) is 3.09. The van der Waals surface area contributed by atoms with Gasteiger partial charge in [-0.1, -0.05) is 24.3 Å². The van der Waals surface area contributed by atoms with Gasteiger partial charge in [-0.3, -0.25) is 4.98 Å². The van der Waals surface area contributed by atoms with Crippen LogP contribution in [-0.2, 0) is 6.42 Å². The van der Waals surface area contributed by atoms with Crippen LogP contribution in [0.15, 0.2) is 54.9 Å². The van der Waals surface area contributed by atoms with Crippen molar-refractivity contribution in [3.63, 3.8) is 0 Å². The average molecular weight is 265 g/mol. The molecule has 3 rings (SSSR count). The predicted octanol–water partition coefficient (Wildman–Crippen LogP) is 3.46. The molecule has 20 heavy (non-hydrogen) atoms. The van der Waals surface area contributed by atoms with Crippen molar-refractivity contribution in [3.8, 4) is 0 Å². The average Bonchev–Trinajstić information content (AvgIpc) is 2.92. The number of nitrogens with zero attached hydrogens (tertiary/aromatic N) is 1. The van der Waals surface area contributed by atoms with Gasteiger partial charge in [0.25, 0.3) is 0 Å². The van der Waals surface area contributed by atoms with Gasteiger partial charge in [0.1, 0.15) is 0 Å². The van der Waals surface area contributed by atoms with Crippen molar-refractivity contribution in [2.45, 2.75) is 19.4 Å². The molecule has 0 saturated carbocycles. The Morgan fingerprint density at radius 1 is 1.15 bits per heavy atom. The molecule has 0 aliphatic heterocycles. The fraction of sp³-hybridized carbons (Fsp3) is 0.235. The number of nitrogens with one attached hydrogen (secondary N) is 2. The second kappa shape index (κ2) is 5.88. The summed E-state index contributed by atoms with van der Waals surface area (Å²) in [4.78, 5) is 7.69. The predicted molar refractivity (Wildman–Crippen MR) is 82.7 cm³/mol. The van der Waals surface area contributed by atoms with Crippen molar-refractivity contribution < 1.29 is 0 Å². The van der Waals surface area contributed by atoms with E-state index in [4.69, 9.17) is 0 Å². The topological polar surface area (TPSA) is 40.7 Å². The van der Waals surface area contributed by atoms with Crippen molar-refractivity contribution in [1.29, 1.82) is 0 Å². The van der Waals surface area contributed by atoms with E-state index < -0.39 is 0 Å². The Labute approximate surface area is 119 Å². The van der Waals surface area contributed by atoms with Crippen molar-refractivity contribution in [2.24, 2.45) is 0 Å². The second-order valence-corrected chi connectivity index (χ2v) is 5.04. The molecule has 3 aromatic rings. The monoisotopic (exact) mass is 265 g/mol. The molecule has 2 aromatic heterocycles. The first-order valence-corrected chi connectivity index (χ1v) is 7.04. The summed E-state index contributed by atoms with van der Waals surface area (Å²) in [6.07, 6.45) is 4.96. The molecular formula is C17H19N3. The summed E-state index contributed by atoms with van der Waals surface area (Å²) < 4.78 is 0. The fourth-order valence-electron chi connectivity index (χ4n) is 2.50. The summed E-state index contributed by atoms with van der Waals surface area (Å²) >= 11 is 0. The lowest BCUT2D eigenvalue weighted by atomic mass is 10.1. The zero-order valence-corrected chi connectivity index (χ0v) is 11.6. The van der Waals surface area contributed by atoms with Gasteiger partial charge in [0.15, 0.2) is 0 Å².